The molecule has 2 aromatic rings. The van der Waals surface area contributed by atoms with Gasteiger partial charge < -0.3 is 8.37 Å². The first-order valence-electron chi connectivity index (χ1n) is 7.14. The lowest BCUT2D eigenvalue weighted by molar-refractivity contribution is 0.326. The van der Waals surface area contributed by atoms with Crippen molar-refractivity contribution in [1.29, 1.82) is 0 Å². The molecule has 0 aliphatic rings. The third-order valence-electron chi connectivity index (χ3n) is 2.75. The maximum Gasteiger partial charge on any atom is 0.0618 e. The average Bonchev–Trinajstić information content (AvgIpc) is 2.55. The Morgan fingerprint density at radius 1 is 0.571 bits per heavy atom. The average molecular weight is 320 g/mol. The second-order valence-corrected chi connectivity index (χ2v) is 6.24. The Balaban J connectivity index is 1.40. The van der Waals surface area contributed by atoms with Crippen molar-refractivity contribution in [3.05, 3.63) is 60.7 Å². The first kappa shape index (κ1) is 16.4. The van der Waals surface area contributed by atoms with Crippen molar-refractivity contribution in [2.45, 2.75) is 29.1 Å². The summed E-state index contributed by atoms with van der Waals surface area (Å²) in [4.78, 5) is 2.31. The summed E-state index contributed by atoms with van der Waals surface area (Å²) in [7, 11) is 0. The molecular formula is C17H20O2S2. The van der Waals surface area contributed by atoms with Crippen molar-refractivity contribution >= 4 is 24.1 Å². The zero-order chi connectivity index (χ0) is 14.6. The van der Waals surface area contributed by atoms with E-state index < -0.39 is 0 Å². The molecular weight excluding hydrogens is 300 g/mol. The van der Waals surface area contributed by atoms with Gasteiger partial charge in [0.15, 0.2) is 0 Å². The monoisotopic (exact) mass is 320 g/mol. The third kappa shape index (κ3) is 7.58. The van der Waals surface area contributed by atoms with Crippen LogP contribution in [0.25, 0.3) is 0 Å². The fraction of sp³-hybridized carbons (Fsp3) is 0.294. The van der Waals surface area contributed by atoms with Crippen LogP contribution >= 0.6 is 24.1 Å². The summed E-state index contributed by atoms with van der Waals surface area (Å²) in [5, 5.41) is 0. The molecule has 4 heteroatoms. The summed E-state index contributed by atoms with van der Waals surface area (Å²) in [6, 6.07) is 20.3. The van der Waals surface area contributed by atoms with Crippen molar-refractivity contribution in [3.8, 4) is 0 Å². The van der Waals surface area contributed by atoms with E-state index in [0.29, 0.717) is 0 Å². The fourth-order valence-corrected chi connectivity index (χ4v) is 2.88. The molecule has 0 saturated carbocycles. The van der Waals surface area contributed by atoms with Crippen LogP contribution in [0, 0.1) is 0 Å². The molecule has 0 atom stereocenters. The highest BCUT2D eigenvalue weighted by Gasteiger charge is 1.96. The lowest BCUT2D eigenvalue weighted by Gasteiger charge is -2.04. The highest BCUT2D eigenvalue weighted by atomic mass is 32.2. The Kier molecular flexibility index (Phi) is 8.40. The Labute approximate surface area is 135 Å². The van der Waals surface area contributed by atoms with Crippen LogP contribution in [-0.4, -0.2) is 13.2 Å². The van der Waals surface area contributed by atoms with Crippen molar-refractivity contribution in [1.82, 2.24) is 0 Å². The van der Waals surface area contributed by atoms with Crippen molar-refractivity contribution in [2.75, 3.05) is 13.2 Å². The summed E-state index contributed by atoms with van der Waals surface area (Å²) in [6.45, 7) is 1.57. The SMILES string of the molecule is c1ccc(SOCCCCCOSc2ccccc2)cc1. The zero-order valence-corrected chi connectivity index (χ0v) is 13.6. The van der Waals surface area contributed by atoms with E-state index in [1.165, 1.54) is 24.1 Å². The minimum atomic E-state index is 0.783. The summed E-state index contributed by atoms with van der Waals surface area (Å²) in [5.41, 5.74) is 0. The second kappa shape index (κ2) is 10.7. The maximum absolute atomic E-state index is 5.57. The maximum atomic E-state index is 5.57. The van der Waals surface area contributed by atoms with Gasteiger partial charge in [-0.05, 0) is 43.5 Å². The van der Waals surface area contributed by atoms with Gasteiger partial charge in [-0.3, -0.25) is 0 Å². The molecule has 0 N–H and O–H groups in total. The van der Waals surface area contributed by atoms with E-state index >= 15 is 0 Å². The Bertz CT molecular complexity index is 431. The van der Waals surface area contributed by atoms with Gasteiger partial charge in [-0.1, -0.05) is 36.4 Å². The molecule has 112 valence electrons. The van der Waals surface area contributed by atoms with E-state index in [4.69, 9.17) is 8.37 Å². The van der Waals surface area contributed by atoms with Crippen LogP contribution < -0.4 is 0 Å². The first-order chi connectivity index (χ1) is 10.4. The van der Waals surface area contributed by atoms with E-state index in [9.17, 15) is 0 Å². The van der Waals surface area contributed by atoms with E-state index in [0.717, 1.165) is 42.3 Å². The van der Waals surface area contributed by atoms with Crippen LogP contribution in [0.15, 0.2) is 70.5 Å². The van der Waals surface area contributed by atoms with E-state index in [1.807, 2.05) is 36.4 Å². The lowest BCUT2D eigenvalue weighted by Crippen LogP contribution is -1.91. The van der Waals surface area contributed by atoms with E-state index in [2.05, 4.69) is 24.3 Å². The van der Waals surface area contributed by atoms with Crippen LogP contribution in [0.5, 0.6) is 0 Å². The van der Waals surface area contributed by atoms with Gasteiger partial charge >= 0.3 is 0 Å². The topological polar surface area (TPSA) is 18.5 Å². The molecule has 2 aromatic carbocycles. The Morgan fingerprint density at radius 3 is 1.43 bits per heavy atom. The number of hydrogen-bond donors (Lipinski definition) is 0. The van der Waals surface area contributed by atoms with Crippen LogP contribution in [0.3, 0.4) is 0 Å². The van der Waals surface area contributed by atoms with Gasteiger partial charge in [0.1, 0.15) is 0 Å². The van der Waals surface area contributed by atoms with Crippen LogP contribution in [0.2, 0.25) is 0 Å². The standard InChI is InChI=1S/C17H20O2S2/c1-4-10-16(11-5-1)20-18-14-8-3-9-15-19-21-17-12-6-2-7-13-17/h1-2,4-7,10-13H,3,8-9,14-15H2. The van der Waals surface area contributed by atoms with Gasteiger partial charge in [-0.2, -0.15) is 0 Å². The van der Waals surface area contributed by atoms with Crippen molar-refractivity contribution < 1.29 is 8.37 Å². The Morgan fingerprint density at radius 2 is 1.00 bits per heavy atom. The van der Waals surface area contributed by atoms with Gasteiger partial charge in [-0.25, -0.2) is 0 Å². The first-order valence-corrected chi connectivity index (χ1v) is 8.62. The number of benzene rings is 2. The normalized spacial score (nSPS) is 10.7. The lowest BCUT2D eigenvalue weighted by atomic mass is 10.2. The highest BCUT2D eigenvalue weighted by Crippen LogP contribution is 2.20. The minimum Gasteiger partial charge on any atom is -0.310 e. The largest absolute Gasteiger partial charge is 0.310 e. The molecule has 0 fully saturated rings. The summed E-state index contributed by atoms with van der Waals surface area (Å²) >= 11 is 2.90. The van der Waals surface area contributed by atoms with Crippen LogP contribution in [-0.2, 0) is 8.37 Å². The van der Waals surface area contributed by atoms with Gasteiger partial charge in [-0.15, -0.1) is 0 Å². The molecule has 2 rings (SSSR count). The van der Waals surface area contributed by atoms with Crippen molar-refractivity contribution in [3.63, 3.8) is 0 Å². The molecule has 0 aliphatic heterocycles. The minimum absolute atomic E-state index is 0.783. The van der Waals surface area contributed by atoms with Crippen molar-refractivity contribution in [2.24, 2.45) is 0 Å². The summed E-state index contributed by atoms with van der Waals surface area (Å²) in [6.07, 6.45) is 3.27. The zero-order valence-electron chi connectivity index (χ0n) is 11.9. The third-order valence-corrected chi connectivity index (χ3v) is 4.25. The molecule has 2 nitrogen and oxygen atoms in total. The number of rotatable bonds is 10. The molecule has 0 radical (unpaired) electrons. The quantitative estimate of drug-likeness (QED) is 0.418. The number of unbranched alkanes of at least 4 members (excludes halogenated alkanes) is 2. The van der Waals surface area contributed by atoms with Gasteiger partial charge in [0.2, 0.25) is 0 Å². The highest BCUT2D eigenvalue weighted by molar-refractivity contribution is 7.94. The molecule has 0 saturated heterocycles. The van der Waals surface area contributed by atoms with E-state index in [1.54, 1.807) is 0 Å². The van der Waals surface area contributed by atoms with Gasteiger partial charge in [0.25, 0.3) is 0 Å². The molecule has 0 aliphatic carbocycles. The van der Waals surface area contributed by atoms with E-state index in [-0.39, 0.29) is 0 Å². The molecule has 0 bridgehead atoms. The molecule has 0 unspecified atom stereocenters. The molecule has 0 amide bonds. The number of hydrogen-bond acceptors (Lipinski definition) is 4. The predicted octanol–water partition coefficient (Wildman–Crippen LogP) is 5.60. The molecule has 0 aromatic heterocycles. The summed E-state index contributed by atoms with van der Waals surface area (Å²) < 4.78 is 11.1. The van der Waals surface area contributed by atoms with Gasteiger partial charge in [0.05, 0.1) is 13.2 Å². The molecule has 0 heterocycles. The molecule has 21 heavy (non-hydrogen) atoms. The molecule has 0 spiro atoms. The predicted molar refractivity (Wildman–Crippen MR) is 90.4 cm³/mol. The smallest absolute Gasteiger partial charge is 0.0618 e. The van der Waals surface area contributed by atoms with Gasteiger partial charge in [0, 0.05) is 33.9 Å². The Hall–Kier alpha value is -0.940. The summed E-state index contributed by atoms with van der Waals surface area (Å²) in [5.74, 6) is 0. The fourth-order valence-electron chi connectivity index (χ4n) is 1.67. The van der Waals surface area contributed by atoms with Crippen LogP contribution in [0.4, 0.5) is 0 Å². The second-order valence-electron chi connectivity index (χ2n) is 4.50. The van der Waals surface area contributed by atoms with Crippen LogP contribution in [0.1, 0.15) is 19.3 Å².